The molecule has 0 radical (unpaired) electrons. The van der Waals surface area contributed by atoms with Crippen molar-refractivity contribution in [3.8, 4) is 0 Å². The van der Waals surface area contributed by atoms with Crippen molar-refractivity contribution in [3.63, 3.8) is 0 Å². The van der Waals surface area contributed by atoms with Gasteiger partial charge in [0.05, 0.1) is 0 Å². The molecule has 1 atom stereocenters. The van der Waals surface area contributed by atoms with Crippen LogP contribution in [0.2, 0.25) is 0 Å². The Morgan fingerprint density at radius 2 is 1.31 bits per heavy atom. The average Bonchev–Trinajstić information content (AvgIpc) is 2.77. The summed E-state index contributed by atoms with van der Waals surface area (Å²) < 4.78 is 24.6. The van der Waals surface area contributed by atoms with E-state index in [4.69, 9.17) is 9.05 Å². The van der Waals surface area contributed by atoms with Gasteiger partial charge in [-0.2, -0.15) is 0 Å². The molecule has 4 nitrogen and oxygen atoms in total. The van der Waals surface area contributed by atoms with Crippen LogP contribution in [0.1, 0.15) is 16.9 Å². The van der Waals surface area contributed by atoms with Crippen LogP contribution in [-0.4, -0.2) is 14.2 Å². The second-order valence-corrected chi connectivity index (χ2v) is 9.38. The summed E-state index contributed by atoms with van der Waals surface area (Å²) in [5.74, 6) is -0.670. The minimum Gasteiger partial charge on any atom is -0.368 e. The topological polar surface area (TPSA) is 47.6 Å². The van der Waals surface area contributed by atoms with E-state index in [1.54, 1.807) is 0 Å². The van der Waals surface area contributed by atoms with Crippen molar-refractivity contribution in [1.82, 2.24) is 0 Å². The lowest BCUT2D eigenvalue weighted by Gasteiger charge is -2.28. The third-order valence-electron chi connectivity index (χ3n) is 5.27. The number of hydrogen-bond acceptors (Lipinski definition) is 4. The van der Waals surface area contributed by atoms with Crippen LogP contribution in [0.4, 0.5) is 5.69 Å². The van der Waals surface area contributed by atoms with Crippen LogP contribution >= 0.6 is 7.60 Å². The van der Waals surface area contributed by atoms with Crippen LogP contribution in [-0.2, 0) is 13.6 Å². The van der Waals surface area contributed by atoms with Crippen molar-refractivity contribution in [1.29, 1.82) is 0 Å². The maximum atomic E-state index is 13.7. The van der Waals surface area contributed by atoms with Gasteiger partial charge >= 0.3 is 7.60 Å². The van der Waals surface area contributed by atoms with Gasteiger partial charge in [-0.1, -0.05) is 66.2 Å². The highest BCUT2D eigenvalue weighted by Crippen LogP contribution is 2.61. The zero-order valence-corrected chi connectivity index (χ0v) is 17.6. The van der Waals surface area contributed by atoms with E-state index in [0.29, 0.717) is 0 Å². The van der Waals surface area contributed by atoms with Gasteiger partial charge in [-0.15, -0.1) is 0 Å². The van der Waals surface area contributed by atoms with Gasteiger partial charge in [-0.3, -0.25) is 4.57 Å². The summed E-state index contributed by atoms with van der Waals surface area (Å²) in [6.07, 6.45) is 0. The minimum atomic E-state index is -3.51. The number of nitrogens with one attached hydrogen (secondary N) is 1. The molecule has 4 aromatic rings. The number of anilines is 1. The SMILES string of the molecule is COP(=O)(OC)C(Nc1ccc(C)cc1)c1c2ccccc2cc2ccccc12. The molecule has 0 aromatic heterocycles. The fourth-order valence-electron chi connectivity index (χ4n) is 3.75. The van der Waals surface area contributed by atoms with Crippen molar-refractivity contribution in [2.75, 3.05) is 19.5 Å². The molecular weight excluding hydrogens is 381 g/mol. The number of fused-ring (bicyclic) bond motifs is 2. The molecule has 29 heavy (non-hydrogen) atoms. The van der Waals surface area contributed by atoms with Gasteiger partial charge in [0.15, 0.2) is 5.78 Å². The number of benzene rings is 4. The molecule has 1 N–H and O–H groups in total. The predicted octanol–water partition coefficient (Wildman–Crippen LogP) is 6.90. The fourth-order valence-corrected chi connectivity index (χ4v) is 5.22. The molecular formula is C24H24NO3P. The summed E-state index contributed by atoms with van der Waals surface area (Å²) in [5.41, 5.74) is 2.92. The molecule has 0 fully saturated rings. The van der Waals surface area contributed by atoms with Gasteiger partial charge in [-0.05, 0) is 46.7 Å². The lowest BCUT2D eigenvalue weighted by molar-refractivity contribution is 0.269. The van der Waals surface area contributed by atoms with Crippen molar-refractivity contribution >= 4 is 34.8 Å². The Morgan fingerprint density at radius 1 is 0.793 bits per heavy atom. The number of aryl methyl sites for hydroxylation is 1. The monoisotopic (exact) mass is 405 g/mol. The van der Waals surface area contributed by atoms with Crippen molar-refractivity contribution in [2.24, 2.45) is 0 Å². The van der Waals surface area contributed by atoms with Gasteiger partial charge in [0.2, 0.25) is 0 Å². The van der Waals surface area contributed by atoms with E-state index >= 15 is 0 Å². The first-order chi connectivity index (χ1) is 14.1. The van der Waals surface area contributed by atoms with Gasteiger partial charge in [0.1, 0.15) is 0 Å². The smallest absolute Gasteiger partial charge is 0.356 e. The molecule has 0 saturated carbocycles. The highest BCUT2D eigenvalue weighted by atomic mass is 31.2. The van der Waals surface area contributed by atoms with E-state index in [-0.39, 0.29) is 0 Å². The normalized spacial score (nSPS) is 12.9. The molecule has 1 unspecified atom stereocenters. The molecule has 4 rings (SSSR count). The van der Waals surface area contributed by atoms with Gasteiger partial charge in [-0.25, -0.2) is 0 Å². The van der Waals surface area contributed by atoms with E-state index in [1.807, 2.05) is 55.5 Å². The Kier molecular flexibility index (Phi) is 5.42. The summed E-state index contributed by atoms with van der Waals surface area (Å²) in [6.45, 7) is 2.04. The molecule has 4 aromatic carbocycles. The zero-order valence-electron chi connectivity index (χ0n) is 16.8. The quantitative estimate of drug-likeness (QED) is 0.280. The number of rotatable bonds is 6. The molecule has 0 saturated heterocycles. The summed E-state index contributed by atoms with van der Waals surface area (Å²) in [6, 6.07) is 26.4. The second-order valence-electron chi connectivity index (χ2n) is 7.05. The lowest BCUT2D eigenvalue weighted by atomic mass is 9.96. The molecule has 0 spiro atoms. The van der Waals surface area contributed by atoms with Crippen LogP contribution in [0.25, 0.3) is 21.5 Å². The summed E-state index contributed by atoms with van der Waals surface area (Å²) in [7, 11) is -0.646. The predicted molar refractivity (Wildman–Crippen MR) is 121 cm³/mol. The van der Waals surface area contributed by atoms with Crippen molar-refractivity contribution in [2.45, 2.75) is 12.7 Å². The van der Waals surface area contributed by atoms with Crippen LogP contribution < -0.4 is 5.32 Å². The Morgan fingerprint density at radius 3 is 1.83 bits per heavy atom. The largest absolute Gasteiger partial charge is 0.368 e. The lowest BCUT2D eigenvalue weighted by Crippen LogP contribution is -2.14. The second kappa shape index (κ2) is 8.00. The Hall–Kier alpha value is -2.65. The average molecular weight is 405 g/mol. The third kappa shape index (κ3) is 3.67. The highest BCUT2D eigenvalue weighted by Gasteiger charge is 2.37. The van der Waals surface area contributed by atoms with E-state index in [1.165, 1.54) is 14.2 Å². The molecule has 0 heterocycles. The summed E-state index contributed by atoms with van der Waals surface area (Å²) in [4.78, 5) is 0. The fraction of sp³-hybridized carbons (Fsp3) is 0.167. The van der Waals surface area contributed by atoms with Crippen molar-refractivity contribution in [3.05, 3.63) is 90.0 Å². The zero-order chi connectivity index (χ0) is 20.4. The Balaban J connectivity index is 2.02. The van der Waals surface area contributed by atoms with E-state index in [2.05, 4.69) is 35.6 Å². The molecule has 0 aliphatic rings. The van der Waals surface area contributed by atoms with Gasteiger partial charge in [0.25, 0.3) is 0 Å². The minimum absolute atomic E-state index is 0.670. The molecule has 0 amide bonds. The standard InChI is InChI=1S/C24H24NO3P/c1-17-12-14-20(15-13-17)25-24(29(26,27-2)28-3)23-21-10-6-4-8-18(21)16-19-9-5-7-11-22(19)23/h4-16,24-25H,1-3H3. The van der Waals surface area contributed by atoms with E-state index < -0.39 is 13.4 Å². The molecule has 148 valence electrons. The first-order valence-corrected chi connectivity index (χ1v) is 11.1. The maximum absolute atomic E-state index is 13.7. The molecule has 0 aliphatic heterocycles. The number of hydrogen-bond donors (Lipinski definition) is 1. The van der Waals surface area contributed by atoms with Gasteiger partial charge in [0, 0.05) is 25.5 Å². The molecule has 5 heteroatoms. The highest BCUT2D eigenvalue weighted by molar-refractivity contribution is 7.54. The van der Waals surface area contributed by atoms with Crippen molar-refractivity contribution < 1.29 is 13.6 Å². The maximum Gasteiger partial charge on any atom is 0.356 e. The van der Waals surface area contributed by atoms with Crippen LogP contribution in [0.3, 0.4) is 0 Å². The molecule has 0 bridgehead atoms. The summed E-state index contributed by atoms with van der Waals surface area (Å²) >= 11 is 0. The Labute approximate surface area is 171 Å². The van der Waals surface area contributed by atoms with E-state index in [9.17, 15) is 4.57 Å². The van der Waals surface area contributed by atoms with E-state index in [0.717, 1.165) is 38.4 Å². The van der Waals surface area contributed by atoms with Gasteiger partial charge < -0.3 is 14.4 Å². The summed E-state index contributed by atoms with van der Waals surface area (Å²) in [5, 5.41) is 7.63. The van der Waals surface area contributed by atoms with Crippen LogP contribution in [0.5, 0.6) is 0 Å². The first-order valence-electron chi connectivity index (χ1n) is 9.50. The Bertz CT molecular complexity index is 1140. The third-order valence-corrected chi connectivity index (χ3v) is 7.30. The van der Waals surface area contributed by atoms with Crippen LogP contribution in [0.15, 0.2) is 78.9 Å². The first kappa shape index (κ1) is 19.7. The van der Waals surface area contributed by atoms with Crippen LogP contribution in [0, 0.1) is 6.92 Å². The molecule has 0 aliphatic carbocycles.